The van der Waals surface area contributed by atoms with Crippen molar-refractivity contribution in [1.29, 1.82) is 0 Å². The summed E-state index contributed by atoms with van der Waals surface area (Å²) < 4.78 is 16.4. The fraction of sp³-hybridized carbons (Fsp3) is 0.381. The summed E-state index contributed by atoms with van der Waals surface area (Å²) in [6.45, 7) is 7.36. The van der Waals surface area contributed by atoms with E-state index in [4.69, 9.17) is 14.2 Å². The fourth-order valence-corrected chi connectivity index (χ4v) is 2.56. The van der Waals surface area contributed by atoms with E-state index in [9.17, 15) is 4.79 Å². The van der Waals surface area contributed by atoms with Gasteiger partial charge in [-0.1, -0.05) is 24.3 Å². The third-order valence-corrected chi connectivity index (χ3v) is 3.77. The Balaban J connectivity index is 1.92. The van der Waals surface area contributed by atoms with Crippen LogP contribution in [0.25, 0.3) is 0 Å². The zero-order chi connectivity index (χ0) is 18.1. The zero-order valence-corrected chi connectivity index (χ0v) is 15.2. The van der Waals surface area contributed by atoms with Crippen molar-refractivity contribution in [3.8, 4) is 11.5 Å². The summed E-state index contributed by atoms with van der Waals surface area (Å²) in [5, 5.41) is 0. The van der Waals surface area contributed by atoms with Crippen molar-refractivity contribution < 1.29 is 19.0 Å². The maximum absolute atomic E-state index is 11.4. The Bertz CT molecular complexity index is 694. The van der Waals surface area contributed by atoms with Gasteiger partial charge in [0.05, 0.1) is 13.2 Å². The highest BCUT2D eigenvalue weighted by atomic mass is 16.5. The molecule has 25 heavy (non-hydrogen) atoms. The second-order valence-electron chi connectivity index (χ2n) is 5.77. The quantitative estimate of drug-likeness (QED) is 0.631. The third kappa shape index (κ3) is 6.14. The number of ether oxygens (including phenoxy) is 3. The topological polar surface area (TPSA) is 44.8 Å². The molecule has 4 heteroatoms. The van der Waals surface area contributed by atoms with Crippen molar-refractivity contribution >= 4 is 5.97 Å². The molecule has 0 aliphatic heterocycles. The Morgan fingerprint density at radius 2 is 1.80 bits per heavy atom. The molecule has 0 saturated carbocycles. The van der Waals surface area contributed by atoms with Gasteiger partial charge >= 0.3 is 5.97 Å². The number of benzene rings is 2. The molecule has 0 spiro atoms. The first-order valence-corrected chi connectivity index (χ1v) is 8.72. The summed E-state index contributed by atoms with van der Waals surface area (Å²) in [7, 11) is 0. The lowest BCUT2D eigenvalue weighted by atomic mass is 10.1. The number of rotatable bonds is 9. The second kappa shape index (κ2) is 9.72. The van der Waals surface area contributed by atoms with Gasteiger partial charge in [0.15, 0.2) is 0 Å². The van der Waals surface area contributed by atoms with Crippen molar-refractivity contribution in [1.82, 2.24) is 0 Å². The monoisotopic (exact) mass is 342 g/mol. The first-order valence-electron chi connectivity index (χ1n) is 8.72. The highest BCUT2D eigenvalue weighted by molar-refractivity contribution is 5.69. The van der Waals surface area contributed by atoms with Gasteiger partial charge in [-0.05, 0) is 62.1 Å². The second-order valence-corrected chi connectivity index (χ2v) is 5.77. The van der Waals surface area contributed by atoms with Crippen LogP contribution in [-0.2, 0) is 22.6 Å². The molecule has 0 N–H and O–H groups in total. The minimum absolute atomic E-state index is 0.158. The molecule has 4 nitrogen and oxygen atoms in total. The van der Waals surface area contributed by atoms with Gasteiger partial charge in [-0.3, -0.25) is 4.79 Å². The molecule has 0 radical (unpaired) electrons. The molecule has 134 valence electrons. The van der Waals surface area contributed by atoms with Crippen LogP contribution >= 0.6 is 0 Å². The predicted octanol–water partition coefficient (Wildman–Crippen LogP) is 4.47. The van der Waals surface area contributed by atoms with Crippen LogP contribution in [0.5, 0.6) is 11.5 Å². The van der Waals surface area contributed by atoms with Crippen LogP contribution in [0.4, 0.5) is 0 Å². The number of carbonyl (C=O) groups is 1. The molecule has 0 fully saturated rings. The lowest BCUT2D eigenvalue weighted by Crippen LogP contribution is -2.05. The summed E-state index contributed by atoms with van der Waals surface area (Å²) in [6, 6.07) is 13.9. The van der Waals surface area contributed by atoms with Gasteiger partial charge in [-0.15, -0.1) is 0 Å². The van der Waals surface area contributed by atoms with E-state index in [0.29, 0.717) is 32.7 Å². The minimum atomic E-state index is -0.158. The van der Waals surface area contributed by atoms with Crippen LogP contribution in [0.1, 0.15) is 37.0 Å². The summed E-state index contributed by atoms with van der Waals surface area (Å²) in [5.41, 5.74) is 3.23. The first kappa shape index (κ1) is 18.8. The van der Waals surface area contributed by atoms with Crippen molar-refractivity contribution in [2.45, 2.75) is 40.2 Å². The van der Waals surface area contributed by atoms with Gasteiger partial charge in [-0.2, -0.15) is 0 Å². The SMILES string of the molecule is CCOC(=O)CCc1ccc(OCc2cccc(OCC)c2)c(C)c1. The van der Waals surface area contributed by atoms with Gasteiger partial charge in [0.25, 0.3) is 0 Å². The lowest BCUT2D eigenvalue weighted by molar-refractivity contribution is -0.143. The summed E-state index contributed by atoms with van der Waals surface area (Å²) in [6.07, 6.45) is 1.08. The highest BCUT2D eigenvalue weighted by Gasteiger charge is 2.06. The fourth-order valence-electron chi connectivity index (χ4n) is 2.56. The van der Waals surface area contributed by atoms with Crippen molar-refractivity contribution in [2.24, 2.45) is 0 Å². The minimum Gasteiger partial charge on any atom is -0.494 e. The van der Waals surface area contributed by atoms with Gasteiger partial charge in [0, 0.05) is 6.42 Å². The van der Waals surface area contributed by atoms with Crippen LogP contribution < -0.4 is 9.47 Å². The third-order valence-electron chi connectivity index (χ3n) is 3.77. The van der Waals surface area contributed by atoms with E-state index < -0.39 is 0 Å². The zero-order valence-electron chi connectivity index (χ0n) is 15.2. The van der Waals surface area contributed by atoms with E-state index in [1.165, 1.54) is 0 Å². The van der Waals surface area contributed by atoms with Crippen LogP contribution in [0.3, 0.4) is 0 Å². The molecule has 0 aromatic heterocycles. The molecule has 0 aliphatic carbocycles. The van der Waals surface area contributed by atoms with E-state index in [0.717, 1.165) is 28.2 Å². The Hall–Kier alpha value is -2.49. The Morgan fingerprint density at radius 3 is 2.52 bits per heavy atom. The molecule has 0 bridgehead atoms. The number of carbonyl (C=O) groups excluding carboxylic acids is 1. The molecular formula is C21H26O4. The van der Waals surface area contributed by atoms with Crippen LogP contribution in [0.15, 0.2) is 42.5 Å². The van der Waals surface area contributed by atoms with E-state index >= 15 is 0 Å². The number of esters is 1. The van der Waals surface area contributed by atoms with Crippen LogP contribution in [0, 0.1) is 6.92 Å². The summed E-state index contributed by atoms with van der Waals surface area (Å²) in [5.74, 6) is 1.55. The van der Waals surface area contributed by atoms with Gasteiger partial charge in [-0.25, -0.2) is 0 Å². The molecule has 0 amide bonds. The molecule has 2 aromatic carbocycles. The van der Waals surface area contributed by atoms with Crippen molar-refractivity contribution in [3.63, 3.8) is 0 Å². The van der Waals surface area contributed by atoms with E-state index in [2.05, 4.69) is 6.07 Å². The smallest absolute Gasteiger partial charge is 0.306 e. The molecule has 2 aromatic rings. The summed E-state index contributed by atoms with van der Waals surface area (Å²) >= 11 is 0. The first-order chi connectivity index (χ1) is 12.1. The maximum Gasteiger partial charge on any atom is 0.306 e. The molecule has 0 heterocycles. The van der Waals surface area contributed by atoms with Crippen molar-refractivity contribution in [3.05, 3.63) is 59.2 Å². The normalized spacial score (nSPS) is 10.4. The average molecular weight is 342 g/mol. The number of hydrogen-bond donors (Lipinski definition) is 0. The Labute approximate surface area is 149 Å². The van der Waals surface area contributed by atoms with E-state index in [1.807, 2.05) is 57.2 Å². The lowest BCUT2D eigenvalue weighted by Gasteiger charge is -2.12. The molecule has 0 unspecified atom stereocenters. The Kier molecular flexibility index (Phi) is 7.33. The maximum atomic E-state index is 11.4. The van der Waals surface area contributed by atoms with Crippen molar-refractivity contribution in [2.75, 3.05) is 13.2 Å². The van der Waals surface area contributed by atoms with Gasteiger partial charge in [0.2, 0.25) is 0 Å². The standard InChI is InChI=1S/C21H26O4/c1-4-23-19-8-6-7-18(14-19)15-25-20-11-9-17(13-16(20)3)10-12-21(22)24-5-2/h6-9,11,13-14H,4-5,10,12,15H2,1-3H3. The predicted molar refractivity (Wildman–Crippen MR) is 98.1 cm³/mol. The van der Waals surface area contributed by atoms with Gasteiger partial charge < -0.3 is 14.2 Å². The molecular weight excluding hydrogens is 316 g/mol. The molecule has 2 rings (SSSR count). The van der Waals surface area contributed by atoms with Crippen LogP contribution in [-0.4, -0.2) is 19.2 Å². The molecule has 0 aliphatic rings. The highest BCUT2D eigenvalue weighted by Crippen LogP contribution is 2.22. The largest absolute Gasteiger partial charge is 0.494 e. The molecule has 0 atom stereocenters. The summed E-state index contributed by atoms with van der Waals surface area (Å²) in [4.78, 5) is 11.4. The van der Waals surface area contributed by atoms with E-state index in [-0.39, 0.29) is 5.97 Å². The molecule has 0 saturated heterocycles. The number of aryl methyl sites for hydroxylation is 2. The Morgan fingerprint density at radius 1 is 0.960 bits per heavy atom. The number of hydrogen-bond acceptors (Lipinski definition) is 4. The van der Waals surface area contributed by atoms with Crippen LogP contribution in [0.2, 0.25) is 0 Å². The van der Waals surface area contributed by atoms with Gasteiger partial charge in [0.1, 0.15) is 18.1 Å². The van der Waals surface area contributed by atoms with E-state index in [1.54, 1.807) is 0 Å². The average Bonchev–Trinajstić information content (AvgIpc) is 2.60.